The molecule has 0 unspecified atom stereocenters. The van der Waals surface area contributed by atoms with Crippen molar-refractivity contribution in [3.63, 3.8) is 0 Å². The van der Waals surface area contributed by atoms with E-state index in [1.807, 2.05) is 27.7 Å². The van der Waals surface area contributed by atoms with Gasteiger partial charge in [0.25, 0.3) is 0 Å². The summed E-state index contributed by atoms with van der Waals surface area (Å²) in [5.41, 5.74) is -1.33. The first-order valence-electron chi connectivity index (χ1n) is 6.27. The first-order chi connectivity index (χ1) is 9.19. The molecule has 1 saturated heterocycles. The van der Waals surface area contributed by atoms with Gasteiger partial charge in [-0.1, -0.05) is 0 Å². The number of ether oxygens (including phenoxy) is 1. The molecule has 0 aromatic carbocycles. The minimum absolute atomic E-state index is 0.0894. The van der Waals surface area contributed by atoms with Gasteiger partial charge >= 0.3 is 13.1 Å². The summed E-state index contributed by atoms with van der Waals surface area (Å²) >= 11 is 0. The summed E-state index contributed by atoms with van der Waals surface area (Å²) in [4.78, 5) is 15.3. The fraction of sp³-hybridized carbons (Fsp3) is 0.538. The highest BCUT2D eigenvalue weighted by molar-refractivity contribution is 6.62. The molecule has 20 heavy (non-hydrogen) atoms. The lowest BCUT2D eigenvalue weighted by Gasteiger charge is -2.32. The SMILES string of the molecule is COC(=O)c1cncc(B2OC(C)(C)C(C)(C)O2)c1F. The van der Waals surface area contributed by atoms with Gasteiger partial charge in [0.2, 0.25) is 0 Å². The molecular formula is C13H17BFNO4. The van der Waals surface area contributed by atoms with Crippen molar-refractivity contribution >= 4 is 18.6 Å². The molecule has 0 aliphatic carbocycles. The Labute approximate surface area is 117 Å². The topological polar surface area (TPSA) is 57.7 Å². The molecule has 108 valence electrons. The summed E-state index contributed by atoms with van der Waals surface area (Å²) in [6, 6.07) is 0. The number of hydrogen-bond donors (Lipinski definition) is 0. The van der Waals surface area contributed by atoms with Crippen LogP contribution in [0.4, 0.5) is 4.39 Å². The van der Waals surface area contributed by atoms with E-state index < -0.39 is 30.1 Å². The summed E-state index contributed by atoms with van der Waals surface area (Å²) in [7, 11) is 0.278. The van der Waals surface area contributed by atoms with Crippen molar-refractivity contribution in [2.24, 2.45) is 0 Å². The fourth-order valence-electron chi connectivity index (χ4n) is 1.85. The number of carbonyl (C=O) groups is 1. The Morgan fingerprint density at radius 2 is 1.80 bits per heavy atom. The number of rotatable bonds is 2. The van der Waals surface area contributed by atoms with Gasteiger partial charge in [-0.3, -0.25) is 4.98 Å². The van der Waals surface area contributed by atoms with Gasteiger partial charge in [0.1, 0.15) is 11.4 Å². The zero-order chi connectivity index (χ0) is 15.1. The van der Waals surface area contributed by atoms with Crippen LogP contribution in [0.25, 0.3) is 0 Å². The number of halogens is 1. The molecule has 7 heteroatoms. The molecule has 0 bridgehead atoms. The second-order valence-corrected chi connectivity index (χ2v) is 5.67. The third-order valence-corrected chi connectivity index (χ3v) is 3.82. The number of carbonyl (C=O) groups excluding carboxylic acids is 1. The first kappa shape index (κ1) is 14.9. The Hall–Kier alpha value is -1.47. The number of esters is 1. The molecule has 1 aromatic heterocycles. The van der Waals surface area contributed by atoms with Crippen molar-refractivity contribution in [2.75, 3.05) is 7.11 Å². The molecule has 1 fully saturated rings. The van der Waals surface area contributed by atoms with E-state index in [9.17, 15) is 9.18 Å². The Morgan fingerprint density at radius 3 is 2.30 bits per heavy atom. The third kappa shape index (κ3) is 2.31. The Morgan fingerprint density at radius 1 is 1.25 bits per heavy atom. The molecule has 2 heterocycles. The Kier molecular flexibility index (Phi) is 3.60. The maximum atomic E-state index is 14.4. The highest BCUT2D eigenvalue weighted by Crippen LogP contribution is 2.36. The van der Waals surface area contributed by atoms with Crippen molar-refractivity contribution < 1.29 is 23.2 Å². The summed E-state index contributed by atoms with van der Waals surface area (Å²) in [6.45, 7) is 7.45. The zero-order valence-electron chi connectivity index (χ0n) is 12.2. The second-order valence-electron chi connectivity index (χ2n) is 5.67. The predicted octanol–water partition coefficient (Wildman–Crippen LogP) is 1.31. The summed E-state index contributed by atoms with van der Waals surface area (Å²) in [6.07, 6.45) is 2.42. The van der Waals surface area contributed by atoms with Gasteiger partial charge in [-0.25, -0.2) is 9.18 Å². The van der Waals surface area contributed by atoms with Gasteiger partial charge in [0, 0.05) is 17.9 Å². The average molecular weight is 281 g/mol. The first-order valence-corrected chi connectivity index (χ1v) is 6.27. The van der Waals surface area contributed by atoms with E-state index in [4.69, 9.17) is 9.31 Å². The Balaban J connectivity index is 2.39. The molecule has 1 aromatic rings. The third-order valence-electron chi connectivity index (χ3n) is 3.82. The molecule has 0 atom stereocenters. The van der Waals surface area contributed by atoms with Crippen LogP contribution in [0.3, 0.4) is 0 Å². The molecule has 2 rings (SSSR count). The van der Waals surface area contributed by atoms with E-state index in [0.29, 0.717) is 0 Å². The van der Waals surface area contributed by atoms with Crippen LogP contribution in [0.15, 0.2) is 12.4 Å². The molecule has 1 aliphatic rings. The summed E-state index contributed by atoms with van der Waals surface area (Å²) in [5.74, 6) is -1.52. The van der Waals surface area contributed by atoms with Crippen molar-refractivity contribution in [3.05, 3.63) is 23.8 Å². The zero-order valence-corrected chi connectivity index (χ0v) is 12.2. The van der Waals surface area contributed by atoms with Gasteiger partial charge in [0.15, 0.2) is 0 Å². The molecule has 0 spiro atoms. The van der Waals surface area contributed by atoms with Crippen LogP contribution in [-0.2, 0) is 14.0 Å². The van der Waals surface area contributed by atoms with Crippen LogP contribution < -0.4 is 5.46 Å². The van der Waals surface area contributed by atoms with Crippen molar-refractivity contribution in [2.45, 2.75) is 38.9 Å². The molecule has 0 N–H and O–H groups in total. The smallest absolute Gasteiger partial charge is 0.465 e. The van der Waals surface area contributed by atoms with Crippen LogP contribution in [0.2, 0.25) is 0 Å². The lowest BCUT2D eigenvalue weighted by atomic mass is 9.79. The highest BCUT2D eigenvalue weighted by Gasteiger charge is 2.52. The number of aromatic nitrogens is 1. The number of pyridine rings is 1. The van der Waals surface area contributed by atoms with Crippen molar-refractivity contribution in [1.82, 2.24) is 4.98 Å². The predicted molar refractivity (Wildman–Crippen MR) is 71.3 cm³/mol. The monoisotopic (exact) mass is 281 g/mol. The van der Waals surface area contributed by atoms with E-state index in [2.05, 4.69) is 9.72 Å². The molecule has 1 aliphatic heterocycles. The van der Waals surface area contributed by atoms with E-state index in [0.717, 1.165) is 6.20 Å². The van der Waals surface area contributed by atoms with Gasteiger partial charge in [-0.05, 0) is 27.7 Å². The van der Waals surface area contributed by atoms with Crippen LogP contribution in [0.5, 0.6) is 0 Å². The summed E-state index contributed by atoms with van der Waals surface area (Å²) < 4.78 is 30.4. The van der Waals surface area contributed by atoms with Crippen LogP contribution >= 0.6 is 0 Å². The molecular weight excluding hydrogens is 264 g/mol. The van der Waals surface area contributed by atoms with E-state index >= 15 is 0 Å². The minimum atomic E-state index is -0.905. The van der Waals surface area contributed by atoms with E-state index in [1.54, 1.807) is 0 Å². The molecule has 0 amide bonds. The summed E-state index contributed by atoms with van der Waals surface area (Å²) in [5, 5.41) is 0. The van der Waals surface area contributed by atoms with Crippen molar-refractivity contribution in [1.29, 1.82) is 0 Å². The molecule has 0 radical (unpaired) electrons. The maximum Gasteiger partial charge on any atom is 0.499 e. The standard InChI is InChI=1S/C13H17BFNO4/c1-12(2)13(3,4)20-14(19-12)9-7-16-6-8(10(9)15)11(17)18-5/h6-7H,1-5H3. The minimum Gasteiger partial charge on any atom is -0.465 e. The number of methoxy groups -OCH3 is 1. The van der Waals surface area contributed by atoms with Crippen LogP contribution in [0.1, 0.15) is 38.1 Å². The van der Waals surface area contributed by atoms with Crippen molar-refractivity contribution in [3.8, 4) is 0 Å². The van der Waals surface area contributed by atoms with Crippen LogP contribution in [-0.4, -0.2) is 36.4 Å². The highest BCUT2D eigenvalue weighted by atomic mass is 19.1. The molecule has 5 nitrogen and oxygen atoms in total. The maximum absolute atomic E-state index is 14.4. The normalized spacial score (nSPS) is 20.0. The fourth-order valence-corrected chi connectivity index (χ4v) is 1.85. The average Bonchev–Trinajstić information content (AvgIpc) is 2.57. The Bertz CT molecular complexity index is 531. The van der Waals surface area contributed by atoms with E-state index in [1.165, 1.54) is 13.3 Å². The lowest BCUT2D eigenvalue weighted by Crippen LogP contribution is -2.41. The van der Waals surface area contributed by atoms with Gasteiger partial charge in [0.05, 0.1) is 18.3 Å². The van der Waals surface area contributed by atoms with E-state index in [-0.39, 0.29) is 11.0 Å². The largest absolute Gasteiger partial charge is 0.499 e. The second kappa shape index (κ2) is 4.82. The number of hydrogen-bond acceptors (Lipinski definition) is 5. The quantitative estimate of drug-likeness (QED) is 0.604. The van der Waals surface area contributed by atoms with Gasteiger partial charge in [-0.2, -0.15) is 0 Å². The lowest BCUT2D eigenvalue weighted by molar-refractivity contribution is 0.00578. The molecule has 0 saturated carbocycles. The van der Waals surface area contributed by atoms with Gasteiger partial charge in [-0.15, -0.1) is 0 Å². The number of nitrogens with zero attached hydrogens (tertiary/aromatic N) is 1. The van der Waals surface area contributed by atoms with Crippen LogP contribution in [0, 0.1) is 5.82 Å². The van der Waals surface area contributed by atoms with Gasteiger partial charge < -0.3 is 14.0 Å².